The summed E-state index contributed by atoms with van der Waals surface area (Å²) in [4.78, 5) is 73.3. The van der Waals surface area contributed by atoms with Crippen LogP contribution in [-0.2, 0) is 28.8 Å². The molecule has 2 aliphatic heterocycles. The lowest BCUT2D eigenvalue weighted by molar-refractivity contribution is -0.139. The van der Waals surface area contributed by atoms with Gasteiger partial charge in [0.1, 0.15) is 0 Å². The Morgan fingerprint density at radius 1 is 0.689 bits per heavy atom. The molecule has 0 aromatic heterocycles. The molecule has 0 fully saturated rings. The SMILES string of the molecule is CC(CCCNC(=O)CCCC=CCCCC(C#N)CCC(=O)NCCCC(C)CN1C(=O)C=CC1=O)CN1C(=O)C=CC1=O. The highest BCUT2D eigenvalue weighted by Gasteiger charge is 2.25. The van der Waals surface area contributed by atoms with E-state index in [0.29, 0.717) is 45.4 Å². The van der Waals surface area contributed by atoms with Gasteiger partial charge in [-0.3, -0.25) is 38.6 Å². The number of rotatable bonds is 23. The Bertz CT molecular complexity index is 1130. The highest BCUT2D eigenvalue weighted by atomic mass is 16.2. The van der Waals surface area contributed by atoms with Crippen molar-refractivity contribution in [3.63, 3.8) is 0 Å². The Morgan fingerprint density at radius 2 is 1.13 bits per heavy atom. The molecule has 2 heterocycles. The van der Waals surface area contributed by atoms with Gasteiger partial charge in [0.05, 0.1) is 6.07 Å². The maximum Gasteiger partial charge on any atom is 0.253 e. The van der Waals surface area contributed by atoms with E-state index in [1.165, 1.54) is 34.1 Å². The third-order valence-corrected chi connectivity index (χ3v) is 7.95. The van der Waals surface area contributed by atoms with Gasteiger partial charge in [0, 0.05) is 69.2 Å². The molecule has 0 spiro atoms. The summed E-state index contributed by atoms with van der Waals surface area (Å²) < 4.78 is 0. The second-order valence-electron chi connectivity index (χ2n) is 12.1. The van der Waals surface area contributed by atoms with E-state index in [-0.39, 0.29) is 53.2 Å². The van der Waals surface area contributed by atoms with Crippen LogP contribution >= 0.6 is 0 Å². The van der Waals surface area contributed by atoms with Crippen molar-refractivity contribution in [2.24, 2.45) is 17.8 Å². The average Bonchev–Trinajstić information content (AvgIpc) is 3.50. The van der Waals surface area contributed by atoms with E-state index in [1.54, 1.807) is 0 Å². The normalized spacial score (nSPS) is 16.5. The molecule has 0 saturated heterocycles. The fourth-order valence-electron chi connectivity index (χ4n) is 5.24. The van der Waals surface area contributed by atoms with Crippen molar-refractivity contribution < 1.29 is 28.8 Å². The summed E-state index contributed by atoms with van der Waals surface area (Å²) in [5.74, 6) is -0.965. The minimum Gasteiger partial charge on any atom is -0.356 e. The fraction of sp³-hybridized carbons (Fsp3) is 0.618. The molecule has 3 unspecified atom stereocenters. The summed E-state index contributed by atoms with van der Waals surface area (Å²) in [5.41, 5.74) is 0. The molecule has 2 aliphatic rings. The van der Waals surface area contributed by atoms with Gasteiger partial charge in [-0.05, 0) is 76.0 Å². The first kappa shape index (κ1) is 37.1. The fourth-order valence-corrected chi connectivity index (χ4v) is 5.24. The van der Waals surface area contributed by atoms with Gasteiger partial charge < -0.3 is 10.6 Å². The number of hydrogen-bond donors (Lipinski definition) is 2. The molecule has 45 heavy (non-hydrogen) atoms. The van der Waals surface area contributed by atoms with Crippen molar-refractivity contribution in [1.82, 2.24) is 20.4 Å². The number of unbranched alkanes of at least 4 members (excludes halogenated alkanes) is 2. The van der Waals surface area contributed by atoms with Crippen molar-refractivity contribution in [2.45, 2.75) is 90.9 Å². The molecule has 0 aromatic rings. The summed E-state index contributed by atoms with van der Waals surface area (Å²) in [6.45, 7) is 5.85. The van der Waals surface area contributed by atoms with Crippen LogP contribution in [0.25, 0.3) is 0 Å². The van der Waals surface area contributed by atoms with Gasteiger partial charge in [0.25, 0.3) is 23.6 Å². The van der Waals surface area contributed by atoms with E-state index in [9.17, 15) is 34.0 Å². The molecular formula is C34H49N5O6. The Balaban J connectivity index is 1.41. The lowest BCUT2D eigenvalue weighted by Crippen LogP contribution is -2.34. The van der Waals surface area contributed by atoms with Crippen LogP contribution in [0.15, 0.2) is 36.5 Å². The first-order valence-electron chi connectivity index (χ1n) is 16.3. The minimum absolute atomic E-state index is 0.0197. The average molecular weight is 624 g/mol. The number of allylic oxidation sites excluding steroid dienone is 2. The number of nitrogens with zero attached hydrogens (tertiary/aromatic N) is 3. The van der Waals surface area contributed by atoms with Crippen LogP contribution in [-0.4, -0.2) is 71.4 Å². The molecule has 2 rings (SSSR count). The first-order chi connectivity index (χ1) is 21.6. The predicted molar refractivity (Wildman–Crippen MR) is 170 cm³/mol. The second kappa shape index (κ2) is 20.8. The van der Waals surface area contributed by atoms with E-state index in [0.717, 1.165) is 57.8 Å². The zero-order valence-corrected chi connectivity index (χ0v) is 26.8. The summed E-state index contributed by atoms with van der Waals surface area (Å²) in [7, 11) is 0. The van der Waals surface area contributed by atoms with Crippen molar-refractivity contribution >= 4 is 35.4 Å². The van der Waals surface area contributed by atoms with Crippen LogP contribution in [0.2, 0.25) is 0 Å². The Hall–Kier alpha value is -4.07. The maximum absolute atomic E-state index is 12.2. The lowest BCUT2D eigenvalue weighted by Gasteiger charge is -2.19. The van der Waals surface area contributed by atoms with Gasteiger partial charge in [-0.25, -0.2) is 0 Å². The molecule has 0 aromatic carbocycles. The molecular weight excluding hydrogens is 574 g/mol. The van der Waals surface area contributed by atoms with Crippen molar-refractivity contribution in [2.75, 3.05) is 26.2 Å². The molecule has 246 valence electrons. The Kier molecular flexibility index (Phi) is 17.2. The summed E-state index contributed by atoms with van der Waals surface area (Å²) in [6.07, 6.45) is 17.7. The Morgan fingerprint density at radius 3 is 1.60 bits per heavy atom. The van der Waals surface area contributed by atoms with Gasteiger partial charge in [-0.1, -0.05) is 26.0 Å². The number of carbonyl (C=O) groups excluding carboxylic acids is 6. The predicted octanol–water partition coefficient (Wildman–Crippen LogP) is 3.72. The zero-order valence-electron chi connectivity index (χ0n) is 26.8. The number of amides is 6. The van der Waals surface area contributed by atoms with Crippen LogP contribution in [0.4, 0.5) is 0 Å². The lowest BCUT2D eigenvalue weighted by atomic mass is 9.98. The number of carbonyl (C=O) groups is 6. The molecule has 6 amide bonds. The van der Waals surface area contributed by atoms with E-state index < -0.39 is 0 Å². The van der Waals surface area contributed by atoms with Crippen LogP contribution in [0, 0.1) is 29.1 Å². The van der Waals surface area contributed by atoms with Gasteiger partial charge in [0.15, 0.2) is 0 Å². The van der Waals surface area contributed by atoms with Crippen molar-refractivity contribution in [3.8, 4) is 6.07 Å². The molecule has 0 radical (unpaired) electrons. The number of hydrogen-bond acceptors (Lipinski definition) is 7. The summed E-state index contributed by atoms with van der Waals surface area (Å²) >= 11 is 0. The number of imide groups is 2. The highest BCUT2D eigenvalue weighted by Crippen LogP contribution is 2.16. The molecule has 11 nitrogen and oxygen atoms in total. The number of nitrogens with one attached hydrogen (secondary N) is 2. The molecule has 0 bridgehead atoms. The Labute approximate surface area is 267 Å². The third kappa shape index (κ3) is 15.0. The summed E-state index contributed by atoms with van der Waals surface area (Å²) in [6, 6.07) is 2.31. The van der Waals surface area contributed by atoms with Crippen molar-refractivity contribution in [1.29, 1.82) is 5.26 Å². The monoisotopic (exact) mass is 623 g/mol. The van der Waals surface area contributed by atoms with Gasteiger partial charge in [-0.2, -0.15) is 5.26 Å². The van der Waals surface area contributed by atoms with Gasteiger partial charge in [-0.15, -0.1) is 0 Å². The highest BCUT2D eigenvalue weighted by molar-refractivity contribution is 6.13. The first-order valence-corrected chi connectivity index (χ1v) is 16.3. The smallest absolute Gasteiger partial charge is 0.253 e. The van der Waals surface area contributed by atoms with Crippen LogP contribution < -0.4 is 10.6 Å². The number of nitriles is 1. The minimum atomic E-state index is -0.274. The second-order valence-corrected chi connectivity index (χ2v) is 12.1. The topological polar surface area (TPSA) is 157 Å². The zero-order chi connectivity index (χ0) is 33.0. The maximum atomic E-state index is 12.2. The molecule has 2 N–H and O–H groups in total. The standard InChI is InChI=1S/C34H49N5O6/c1-26(24-38-31(42)17-18-32(38)43)11-9-21-36-29(40)14-8-6-4-3-5-7-13-28(23-35)15-16-30(41)37-22-10-12-27(2)25-39-33(44)19-20-34(39)45/h3-4,17-20,26-28H,5-16,21-22,24-25H2,1-2H3,(H,36,40)(H,37,41). The van der Waals surface area contributed by atoms with E-state index in [1.807, 2.05) is 13.8 Å². The molecule has 0 aliphatic carbocycles. The van der Waals surface area contributed by atoms with E-state index in [2.05, 4.69) is 28.9 Å². The van der Waals surface area contributed by atoms with E-state index in [4.69, 9.17) is 0 Å². The summed E-state index contributed by atoms with van der Waals surface area (Å²) in [5, 5.41) is 15.3. The molecule has 11 heteroatoms. The van der Waals surface area contributed by atoms with Gasteiger partial charge in [0.2, 0.25) is 11.8 Å². The molecule has 0 saturated carbocycles. The third-order valence-electron chi connectivity index (χ3n) is 7.95. The van der Waals surface area contributed by atoms with Crippen LogP contribution in [0.1, 0.15) is 90.9 Å². The van der Waals surface area contributed by atoms with Crippen molar-refractivity contribution in [3.05, 3.63) is 36.5 Å². The van der Waals surface area contributed by atoms with Crippen LogP contribution in [0.3, 0.4) is 0 Å². The van der Waals surface area contributed by atoms with Crippen LogP contribution in [0.5, 0.6) is 0 Å². The van der Waals surface area contributed by atoms with Gasteiger partial charge >= 0.3 is 0 Å². The largest absolute Gasteiger partial charge is 0.356 e. The molecule has 3 atom stereocenters. The quantitative estimate of drug-likeness (QED) is 0.0998. The van der Waals surface area contributed by atoms with E-state index >= 15 is 0 Å².